The molecule has 3 unspecified atom stereocenters. The number of fused-ring (bicyclic) bond motifs is 2. The number of hydrogen-bond donors (Lipinski definition) is 3. The van der Waals surface area contributed by atoms with E-state index in [9.17, 15) is 9.90 Å². The van der Waals surface area contributed by atoms with Gasteiger partial charge < -0.3 is 20.5 Å². The summed E-state index contributed by atoms with van der Waals surface area (Å²) < 4.78 is 5.69. The van der Waals surface area contributed by atoms with Crippen molar-refractivity contribution in [2.45, 2.75) is 24.9 Å². The molecule has 0 spiro atoms. The number of amides is 1. The second-order valence-electron chi connectivity index (χ2n) is 6.54. The molecular formula is C19H20N2O3. The largest absolute Gasteiger partial charge is 0.508 e. The molecule has 24 heavy (non-hydrogen) atoms. The molecule has 1 aliphatic carbocycles. The molecule has 5 nitrogen and oxygen atoms in total. The lowest BCUT2D eigenvalue weighted by Gasteiger charge is -2.23. The fourth-order valence-corrected chi connectivity index (χ4v) is 3.59. The van der Waals surface area contributed by atoms with E-state index < -0.39 is 0 Å². The average Bonchev–Trinajstić information content (AvgIpc) is 3.20. The Morgan fingerprint density at radius 3 is 2.29 bits per heavy atom. The highest BCUT2D eigenvalue weighted by Gasteiger charge is 2.39. The highest BCUT2D eigenvalue weighted by molar-refractivity contribution is 5.94. The Morgan fingerprint density at radius 2 is 1.71 bits per heavy atom. The van der Waals surface area contributed by atoms with E-state index in [4.69, 9.17) is 4.74 Å². The average molecular weight is 324 g/mol. The SMILES string of the molecule is O=C(NC1CC2CC1CN2)c1ccc(Oc2ccc(O)cc2)cc1. The molecule has 124 valence electrons. The fraction of sp³-hybridized carbons (Fsp3) is 0.316. The van der Waals surface area contributed by atoms with Crippen molar-refractivity contribution in [1.29, 1.82) is 0 Å². The molecule has 3 N–H and O–H groups in total. The van der Waals surface area contributed by atoms with Crippen LogP contribution in [0.3, 0.4) is 0 Å². The zero-order valence-corrected chi connectivity index (χ0v) is 13.2. The summed E-state index contributed by atoms with van der Waals surface area (Å²) in [7, 11) is 0. The number of carbonyl (C=O) groups excluding carboxylic acids is 1. The number of phenols is 1. The molecule has 5 heteroatoms. The summed E-state index contributed by atoms with van der Waals surface area (Å²) >= 11 is 0. The lowest BCUT2D eigenvalue weighted by molar-refractivity contribution is 0.0925. The van der Waals surface area contributed by atoms with Gasteiger partial charge in [0.1, 0.15) is 17.2 Å². The van der Waals surface area contributed by atoms with E-state index in [0.29, 0.717) is 29.0 Å². The minimum atomic E-state index is -0.0243. The van der Waals surface area contributed by atoms with Gasteiger partial charge in [-0.2, -0.15) is 0 Å². The molecule has 0 aromatic heterocycles. The number of carbonyl (C=O) groups is 1. The maximum atomic E-state index is 12.4. The predicted octanol–water partition coefficient (Wildman–Crippen LogP) is 2.66. The molecule has 1 amide bonds. The van der Waals surface area contributed by atoms with Gasteiger partial charge in [0.2, 0.25) is 0 Å². The van der Waals surface area contributed by atoms with Crippen molar-refractivity contribution in [2.75, 3.05) is 6.54 Å². The number of benzene rings is 2. The first-order chi connectivity index (χ1) is 11.7. The Morgan fingerprint density at radius 1 is 1.04 bits per heavy atom. The smallest absolute Gasteiger partial charge is 0.251 e. The Balaban J connectivity index is 1.38. The maximum Gasteiger partial charge on any atom is 0.251 e. The molecule has 4 rings (SSSR count). The topological polar surface area (TPSA) is 70.6 Å². The predicted molar refractivity (Wildman–Crippen MR) is 90.4 cm³/mol. The molecule has 1 saturated heterocycles. The lowest BCUT2D eigenvalue weighted by Crippen LogP contribution is -2.44. The van der Waals surface area contributed by atoms with Crippen LogP contribution in [0.1, 0.15) is 23.2 Å². The minimum absolute atomic E-state index is 0.0243. The fourth-order valence-electron chi connectivity index (χ4n) is 3.59. The monoisotopic (exact) mass is 324 g/mol. The molecule has 2 aromatic rings. The minimum Gasteiger partial charge on any atom is -0.508 e. The first kappa shape index (κ1) is 15.0. The normalized spacial score (nSPS) is 24.8. The Bertz CT molecular complexity index is 727. The van der Waals surface area contributed by atoms with E-state index in [2.05, 4.69) is 10.6 Å². The van der Waals surface area contributed by atoms with E-state index >= 15 is 0 Å². The summed E-state index contributed by atoms with van der Waals surface area (Å²) in [6.07, 6.45) is 2.20. The van der Waals surface area contributed by atoms with Crippen LogP contribution in [-0.2, 0) is 0 Å². The number of aromatic hydroxyl groups is 1. The number of nitrogens with one attached hydrogen (secondary N) is 2. The molecule has 2 fully saturated rings. The van der Waals surface area contributed by atoms with Gasteiger partial charge in [0.15, 0.2) is 0 Å². The highest BCUT2D eigenvalue weighted by Crippen LogP contribution is 2.31. The second kappa shape index (κ2) is 6.17. The van der Waals surface area contributed by atoms with Crippen LogP contribution >= 0.6 is 0 Å². The number of piperidine rings is 1. The van der Waals surface area contributed by atoms with Crippen LogP contribution in [0.2, 0.25) is 0 Å². The van der Waals surface area contributed by atoms with Crippen molar-refractivity contribution in [3.63, 3.8) is 0 Å². The van der Waals surface area contributed by atoms with E-state index in [-0.39, 0.29) is 17.7 Å². The Hall–Kier alpha value is -2.53. The van der Waals surface area contributed by atoms with Crippen LogP contribution in [0.15, 0.2) is 48.5 Å². The lowest BCUT2D eigenvalue weighted by atomic mass is 10.0. The molecule has 1 aliphatic heterocycles. The molecular weight excluding hydrogens is 304 g/mol. The van der Waals surface area contributed by atoms with Gasteiger partial charge in [0.05, 0.1) is 0 Å². The van der Waals surface area contributed by atoms with Gasteiger partial charge in [-0.3, -0.25) is 4.79 Å². The summed E-state index contributed by atoms with van der Waals surface area (Å²) in [6.45, 7) is 1.01. The molecule has 1 saturated carbocycles. The zero-order valence-electron chi connectivity index (χ0n) is 13.2. The molecule has 1 heterocycles. The van der Waals surface area contributed by atoms with Crippen molar-refractivity contribution in [3.8, 4) is 17.2 Å². The third kappa shape index (κ3) is 3.08. The van der Waals surface area contributed by atoms with Gasteiger partial charge in [-0.15, -0.1) is 0 Å². The second-order valence-corrected chi connectivity index (χ2v) is 6.54. The number of hydrogen-bond acceptors (Lipinski definition) is 4. The van der Waals surface area contributed by atoms with E-state index in [1.165, 1.54) is 6.42 Å². The molecule has 3 atom stereocenters. The van der Waals surface area contributed by atoms with Crippen LogP contribution in [0.25, 0.3) is 0 Å². The van der Waals surface area contributed by atoms with Crippen LogP contribution in [0.4, 0.5) is 0 Å². The van der Waals surface area contributed by atoms with E-state index in [0.717, 1.165) is 13.0 Å². The van der Waals surface area contributed by atoms with Crippen LogP contribution < -0.4 is 15.4 Å². The zero-order chi connectivity index (χ0) is 16.5. The summed E-state index contributed by atoms with van der Waals surface area (Å²) in [4.78, 5) is 12.4. The first-order valence-electron chi connectivity index (χ1n) is 8.28. The van der Waals surface area contributed by atoms with Gasteiger partial charge in [0, 0.05) is 24.2 Å². The van der Waals surface area contributed by atoms with Crippen LogP contribution in [0, 0.1) is 5.92 Å². The standard InChI is InChI=1S/C19H20N2O3/c22-15-3-7-17(8-4-15)24-16-5-1-12(2-6-16)19(23)21-18-10-14-9-13(18)11-20-14/h1-8,13-14,18,20,22H,9-11H2,(H,21,23). The Labute approximate surface area is 140 Å². The summed E-state index contributed by atoms with van der Waals surface area (Å²) in [6, 6.07) is 14.5. The number of phenolic OH excluding ortho intramolecular Hbond substituents is 1. The quantitative estimate of drug-likeness (QED) is 0.809. The van der Waals surface area contributed by atoms with Gasteiger partial charge >= 0.3 is 0 Å². The number of ether oxygens (including phenoxy) is 1. The van der Waals surface area contributed by atoms with Gasteiger partial charge in [0.25, 0.3) is 5.91 Å². The summed E-state index contributed by atoms with van der Waals surface area (Å²) in [5.41, 5.74) is 0.642. The summed E-state index contributed by atoms with van der Waals surface area (Å²) in [5, 5.41) is 15.9. The molecule has 2 bridgehead atoms. The van der Waals surface area contributed by atoms with Crippen molar-refractivity contribution in [1.82, 2.24) is 10.6 Å². The number of rotatable bonds is 4. The van der Waals surface area contributed by atoms with Crippen molar-refractivity contribution >= 4 is 5.91 Å². The maximum absolute atomic E-state index is 12.4. The third-order valence-electron chi connectivity index (χ3n) is 4.87. The van der Waals surface area contributed by atoms with Crippen LogP contribution in [0.5, 0.6) is 17.2 Å². The van der Waals surface area contributed by atoms with Crippen molar-refractivity contribution in [3.05, 3.63) is 54.1 Å². The Kier molecular flexibility index (Phi) is 3.86. The van der Waals surface area contributed by atoms with Crippen molar-refractivity contribution in [2.24, 2.45) is 5.92 Å². The molecule has 0 radical (unpaired) electrons. The van der Waals surface area contributed by atoms with E-state index in [1.807, 2.05) is 0 Å². The molecule has 2 aromatic carbocycles. The summed E-state index contributed by atoms with van der Waals surface area (Å²) in [5.74, 6) is 2.03. The highest BCUT2D eigenvalue weighted by atomic mass is 16.5. The third-order valence-corrected chi connectivity index (χ3v) is 4.87. The van der Waals surface area contributed by atoms with Gasteiger partial charge in [-0.25, -0.2) is 0 Å². The van der Waals surface area contributed by atoms with E-state index in [1.54, 1.807) is 48.5 Å². The van der Waals surface area contributed by atoms with Gasteiger partial charge in [-0.05, 0) is 67.3 Å². The first-order valence-corrected chi connectivity index (χ1v) is 8.28. The van der Waals surface area contributed by atoms with Crippen LogP contribution in [-0.4, -0.2) is 29.6 Å². The molecule has 2 aliphatic rings. The van der Waals surface area contributed by atoms with Crippen molar-refractivity contribution < 1.29 is 14.6 Å². The van der Waals surface area contributed by atoms with Gasteiger partial charge in [-0.1, -0.05) is 0 Å².